The van der Waals surface area contributed by atoms with E-state index in [2.05, 4.69) is 61.3 Å². The number of hydrogen-bond donors (Lipinski definition) is 0. The van der Waals surface area contributed by atoms with Crippen molar-refractivity contribution in [1.29, 1.82) is 0 Å². The summed E-state index contributed by atoms with van der Waals surface area (Å²) >= 11 is 0. The molecular formula is C27H30N4O. The minimum Gasteiger partial charge on any atom is -0.335 e. The number of fused-ring (bicyclic) bond motifs is 6. The zero-order valence-electron chi connectivity index (χ0n) is 19.6. The standard InChI is InChI=1S/C27H30N4O/c1-16-29-22-15-20-19(13-23(22)30(16)5)14-24-26(2,3)27(20,4)9-11-31(24)25(32)18-6-7-21-17(12-18)8-10-28-21/h6-7,10,12-13,15,24H,8-9,11,14H2,1-5H3/t24-,27-/m0/s1. The first-order chi connectivity index (χ1) is 15.2. The van der Waals surface area contributed by atoms with E-state index in [-0.39, 0.29) is 22.8 Å². The zero-order chi connectivity index (χ0) is 22.4. The summed E-state index contributed by atoms with van der Waals surface area (Å²) in [6.45, 7) is 9.95. The highest BCUT2D eigenvalue weighted by Crippen LogP contribution is 2.56. The number of nitrogens with zero attached hydrogens (tertiary/aromatic N) is 4. The molecule has 1 amide bonds. The maximum Gasteiger partial charge on any atom is 0.254 e. The fraction of sp³-hybridized carbons (Fsp3) is 0.444. The van der Waals surface area contributed by atoms with Crippen LogP contribution in [-0.4, -0.2) is 39.2 Å². The molecule has 0 radical (unpaired) electrons. The second-order valence-corrected chi connectivity index (χ2v) is 10.6. The Balaban J connectivity index is 1.44. The number of rotatable bonds is 1. The molecule has 0 saturated carbocycles. The third-order valence-electron chi connectivity index (χ3n) is 8.95. The second-order valence-electron chi connectivity index (χ2n) is 10.6. The summed E-state index contributed by atoms with van der Waals surface area (Å²) in [7, 11) is 2.08. The minimum atomic E-state index is -0.0365. The second kappa shape index (κ2) is 6.31. The lowest BCUT2D eigenvalue weighted by Crippen LogP contribution is -2.64. The topological polar surface area (TPSA) is 50.5 Å². The number of amides is 1. The molecule has 5 heteroatoms. The lowest BCUT2D eigenvalue weighted by Gasteiger charge is -2.60. The lowest BCUT2D eigenvalue weighted by atomic mass is 9.51. The van der Waals surface area contributed by atoms with Crippen LogP contribution >= 0.6 is 0 Å². The average Bonchev–Trinajstić information content (AvgIpc) is 3.33. The number of aryl methyl sites for hydroxylation is 2. The van der Waals surface area contributed by atoms with Crippen molar-refractivity contribution < 1.29 is 4.79 Å². The van der Waals surface area contributed by atoms with Gasteiger partial charge in [0.05, 0.1) is 16.7 Å². The fourth-order valence-electron chi connectivity index (χ4n) is 6.38. The zero-order valence-corrected chi connectivity index (χ0v) is 19.6. The molecule has 0 N–H and O–H groups in total. The van der Waals surface area contributed by atoms with Crippen LogP contribution in [0, 0.1) is 12.3 Å². The van der Waals surface area contributed by atoms with Gasteiger partial charge in [-0.1, -0.05) is 20.8 Å². The van der Waals surface area contributed by atoms with Crippen molar-refractivity contribution in [2.45, 2.75) is 58.4 Å². The van der Waals surface area contributed by atoms with Gasteiger partial charge in [0, 0.05) is 43.2 Å². The molecule has 2 atom stereocenters. The Morgan fingerprint density at radius 3 is 2.75 bits per heavy atom. The maximum atomic E-state index is 13.7. The van der Waals surface area contributed by atoms with Gasteiger partial charge in [-0.15, -0.1) is 0 Å². The normalized spacial score (nSPS) is 25.2. The van der Waals surface area contributed by atoms with E-state index in [1.807, 2.05) is 24.4 Å². The Bertz CT molecular complexity index is 1330. The number of piperidine rings is 1. The highest BCUT2D eigenvalue weighted by atomic mass is 16.2. The summed E-state index contributed by atoms with van der Waals surface area (Å²) in [4.78, 5) is 25.1. The van der Waals surface area contributed by atoms with Gasteiger partial charge in [0.1, 0.15) is 5.82 Å². The van der Waals surface area contributed by atoms with Crippen LogP contribution in [0.15, 0.2) is 35.3 Å². The molecule has 164 valence electrons. The van der Waals surface area contributed by atoms with Gasteiger partial charge in [-0.05, 0) is 72.2 Å². The summed E-state index contributed by atoms with van der Waals surface area (Å²) in [5.74, 6) is 1.19. The van der Waals surface area contributed by atoms with Gasteiger partial charge in [0.15, 0.2) is 0 Å². The molecule has 5 nitrogen and oxygen atoms in total. The number of aromatic nitrogens is 2. The first-order valence-corrected chi connectivity index (χ1v) is 11.6. The van der Waals surface area contributed by atoms with Crippen molar-refractivity contribution in [2.24, 2.45) is 17.5 Å². The third kappa shape index (κ3) is 2.42. The first kappa shape index (κ1) is 19.7. The molecule has 3 heterocycles. The molecule has 1 aromatic heterocycles. The van der Waals surface area contributed by atoms with Crippen LogP contribution in [0.5, 0.6) is 0 Å². The summed E-state index contributed by atoms with van der Waals surface area (Å²) in [5.41, 5.74) is 7.96. The number of hydrogen-bond acceptors (Lipinski definition) is 3. The third-order valence-corrected chi connectivity index (χ3v) is 8.95. The van der Waals surface area contributed by atoms with E-state index in [9.17, 15) is 4.79 Å². The number of likely N-dealkylation sites (tertiary alicyclic amines) is 1. The van der Waals surface area contributed by atoms with Crippen LogP contribution in [-0.2, 0) is 25.3 Å². The van der Waals surface area contributed by atoms with Gasteiger partial charge < -0.3 is 9.47 Å². The van der Waals surface area contributed by atoms with Gasteiger partial charge in [0.25, 0.3) is 5.91 Å². The Hall–Kier alpha value is -2.95. The molecule has 32 heavy (non-hydrogen) atoms. The Morgan fingerprint density at radius 1 is 1.12 bits per heavy atom. The highest BCUT2D eigenvalue weighted by molar-refractivity contribution is 5.96. The van der Waals surface area contributed by atoms with Crippen LogP contribution in [0.3, 0.4) is 0 Å². The summed E-state index contributed by atoms with van der Waals surface area (Å²) < 4.78 is 2.17. The van der Waals surface area contributed by atoms with E-state index in [0.29, 0.717) is 0 Å². The van der Waals surface area contributed by atoms with E-state index in [0.717, 1.165) is 54.0 Å². The predicted molar refractivity (Wildman–Crippen MR) is 128 cm³/mol. The summed E-state index contributed by atoms with van der Waals surface area (Å²) in [6, 6.07) is 10.8. The van der Waals surface area contributed by atoms with Crippen molar-refractivity contribution in [1.82, 2.24) is 14.5 Å². The Kier molecular flexibility index (Phi) is 3.88. The fourth-order valence-corrected chi connectivity index (χ4v) is 6.38. The Labute approximate surface area is 189 Å². The SMILES string of the molecule is Cc1nc2cc3c(cc2n1C)C[C@@H]1N(C(=O)c2ccc4c(c2)CC=N4)CC[C@]3(C)C1(C)C. The number of imidazole rings is 1. The van der Waals surface area contributed by atoms with Crippen LogP contribution < -0.4 is 0 Å². The van der Waals surface area contributed by atoms with Crippen LogP contribution in [0.1, 0.15) is 60.1 Å². The molecule has 2 aliphatic heterocycles. The molecule has 0 spiro atoms. The molecule has 2 aromatic carbocycles. The molecule has 1 fully saturated rings. The lowest BCUT2D eigenvalue weighted by molar-refractivity contribution is -0.0261. The molecule has 6 rings (SSSR count). The maximum absolute atomic E-state index is 13.7. The van der Waals surface area contributed by atoms with Gasteiger partial charge in [-0.25, -0.2) is 4.98 Å². The monoisotopic (exact) mass is 426 g/mol. The average molecular weight is 427 g/mol. The molecule has 3 aliphatic rings. The molecular weight excluding hydrogens is 396 g/mol. The largest absolute Gasteiger partial charge is 0.335 e. The van der Waals surface area contributed by atoms with Gasteiger partial charge >= 0.3 is 0 Å². The quantitative estimate of drug-likeness (QED) is 0.556. The van der Waals surface area contributed by atoms with Gasteiger partial charge in [0.2, 0.25) is 0 Å². The molecule has 1 saturated heterocycles. The smallest absolute Gasteiger partial charge is 0.254 e. The Morgan fingerprint density at radius 2 is 1.94 bits per heavy atom. The van der Waals surface area contributed by atoms with Crippen LogP contribution in [0.2, 0.25) is 0 Å². The molecule has 3 aromatic rings. The summed E-state index contributed by atoms with van der Waals surface area (Å²) in [5, 5.41) is 0. The molecule has 2 bridgehead atoms. The van der Waals surface area contributed by atoms with Crippen LogP contribution in [0.25, 0.3) is 11.0 Å². The molecule has 0 unspecified atom stereocenters. The van der Waals surface area contributed by atoms with Crippen molar-refractivity contribution in [2.75, 3.05) is 6.54 Å². The highest BCUT2D eigenvalue weighted by Gasteiger charge is 2.57. The van der Waals surface area contributed by atoms with Gasteiger partial charge in [-0.2, -0.15) is 0 Å². The first-order valence-electron chi connectivity index (χ1n) is 11.6. The van der Waals surface area contributed by atoms with E-state index < -0.39 is 0 Å². The number of carbonyl (C=O) groups is 1. The van der Waals surface area contributed by atoms with Crippen molar-refractivity contribution in [3.05, 3.63) is 58.4 Å². The van der Waals surface area contributed by atoms with Crippen LogP contribution in [0.4, 0.5) is 5.69 Å². The van der Waals surface area contributed by atoms with E-state index in [1.165, 1.54) is 16.6 Å². The van der Waals surface area contributed by atoms with Crippen molar-refractivity contribution >= 4 is 28.8 Å². The molecule has 1 aliphatic carbocycles. The number of aliphatic imine (C=N–C) groups is 1. The number of carbonyl (C=O) groups excluding carboxylic acids is 1. The predicted octanol–water partition coefficient (Wildman–Crippen LogP) is 4.89. The summed E-state index contributed by atoms with van der Waals surface area (Å²) in [6.07, 6.45) is 4.59. The van der Waals surface area contributed by atoms with Crippen molar-refractivity contribution in [3.63, 3.8) is 0 Å². The van der Waals surface area contributed by atoms with Gasteiger partial charge in [-0.3, -0.25) is 9.79 Å². The van der Waals surface area contributed by atoms with E-state index in [4.69, 9.17) is 4.98 Å². The van der Waals surface area contributed by atoms with E-state index >= 15 is 0 Å². The number of benzene rings is 2. The minimum absolute atomic E-state index is 0.00736. The van der Waals surface area contributed by atoms with E-state index in [1.54, 1.807) is 0 Å². The van der Waals surface area contributed by atoms with Crippen molar-refractivity contribution in [3.8, 4) is 0 Å².